The molecule has 0 aliphatic rings. The minimum absolute atomic E-state index is 0.220. The molecule has 0 amide bonds. The maximum absolute atomic E-state index is 11.9. The van der Waals surface area contributed by atoms with E-state index in [0.29, 0.717) is 32.1 Å². The van der Waals surface area contributed by atoms with E-state index in [4.69, 9.17) is 4.74 Å². The molecule has 0 saturated heterocycles. The van der Waals surface area contributed by atoms with Crippen molar-refractivity contribution in [2.75, 3.05) is 6.61 Å². The zero-order chi connectivity index (χ0) is 21.8. The Morgan fingerprint density at radius 1 is 0.607 bits per heavy atom. The Bertz CT molecular complexity index is 365. The molecule has 0 radical (unpaired) electrons. The van der Waals surface area contributed by atoms with Gasteiger partial charge in [0, 0.05) is 6.61 Å². The van der Waals surface area contributed by atoms with Crippen LogP contribution in [0.3, 0.4) is 0 Å². The highest BCUT2D eigenvalue weighted by Gasteiger charge is 2.65. The van der Waals surface area contributed by atoms with Gasteiger partial charge in [-0.3, -0.25) is 0 Å². The zero-order valence-electron chi connectivity index (χ0n) is 18.7. The molecule has 0 aromatic heterocycles. The van der Waals surface area contributed by atoms with Crippen molar-refractivity contribution >= 4 is 0 Å². The number of aliphatic hydroxyl groups is 5. The van der Waals surface area contributed by atoms with Gasteiger partial charge in [0.1, 0.15) is 5.60 Å². The normalized spacial score (nSPS) is 20.8. The molecule has 170 valence electrons. The van der Waals surface area contributed by atoms with Gasteiger partial charge < -0.3 is 30.3 Å². The number of unbranched alkanes of at least 4 members (excludes halogenated alkanes) is 1. The van der Waals surface area contributed by atoms with Crippen LogP contribution in [0.5, 0.6) is 0 Å². The lowest BCUT2D eigenvalue weighted by atomic mass is 9.65. The first-order valence-corrected chi connectivity index (χ1v) is 11.3. The summed E-state index contributed by atoms with van der Waals surface area (Å²) in [6.45, 7) is 9.77. The standard InChI is InChI=1S/C22H46O6/c1-6-11-16-28-22(19(25)14-9-4,20(26)15-10-5)21(27,17(23)12-7-2)18(24)13-8-3/h17-20,23-27H,6-16H2,1-5H3. The fourth-order valence-electron chi connectivity index (χ4n) is 4.15. The van der Waals surface area contributed by atoms with Gasteiger partial charge in [-0.05, 0) is 32.1 Å². The maximum atomic E-state index is 11.9. The van der Waals surface area contributed by atoms with Crippen molar-refractivity contribution in [3.63, 3.8) is 0 Å². The second-order valence-electron chi connectivity index (χ2n) is 8.04. The Morgan fingerprint density at radius 2 is 0.964 bits per heavy atom. The van der Waals surface area contributed by atoms with Gasteiger partial charge in [-0.2, -0.15) is 0 Å². The van der Waals surface area contributed by atoms with Gasteiger partial charge in [0.25, 0.3) is 0 Å². The van der Waals surface area contributed by atoms with Crippen molar-refractivity contribution in [2.45, 2.75) is 134 Å². The second kappa shape index (κ2) is 13.9. The largest absolute Gasteiger partial charge is 0.390 e. The Balaban J connectivity index is 6.57. The molecule has 0 bridgehead atoms. The van der Waals surface area contributed by atoms with Crippen LogP contribution in [0.4, 0.5) is 0 Å². The zero-order valence-corrected chi connectivity index (χ0v) is 18.7. The fraction of sp³-hybridized carbons (Fsp3) is 1.00. The van der Waals surface area contributed by atoms with Crippen LogP contribution < -0.4 is 0 Å². The lowest BCUT2D eigenvalue weighted by Gasteiger charge is -2.55. The Labute approximate surface area is 171 Å². The fourth-order valence-corrected chi connectivity index (χ4v) is 4.15. The van der Waals surface area contributed by atoms with Crippen molar-refractivity contribution in [1.82, 2.24) is 0 Å². The molecule has 6 nitrogen and oxygen atoms in total. The van der Waals surface area contributed by atoms with Crippen LogP contribution in [0.15, 0.2) is 0 Å². The molecule has 0 fully saturated rings. The molecule has 28 heavy (non-hydrogen) atoms. The molecule has 4 atom stereocenters. The molecule has 0 saturated carbocycles. The summed E-state index contributed by atoms with van der Waals surface area (Å²) >= 11 is 0. The molecule has 0 heterocycles. The van der Waals surface area contributed by atoms with Crippen molar-refractivity contribution < 1.29 is 30.3 Å². The highest BCUT2D eigenvalue weighted by Crippen LogP contribution is 2.44. The van der Waals surface area contributed by atoms with E-state index in [-0.39, 0.29) is 32.3 Å². The number of hydrogen-bond acceptors (Lipinski definition) is 6. The first-order chi connectivity index (χ1) is 13.2. The van der Waals surface area contributed by atoms with Crippen LogP contribution in [-0.2, 0) is 4.74 Å². The van der Waals surface area contributed by atoms with Gasteiger partial charge in [-0.25, -0.2) is 0 Å². The Morgan fingerprint density at radius 3 is 1.29 bits per heavy atom. The molecule has 0 rings (SSSR count). The molecule has 4 unspecified atom stereocenters. The van der Waals surface area contributed by atoms with Crippen molar-refractivity contribution in [2.24, 2.45) is 0 Å². The lowest BCUT2D eigenvalue weighted by Crippen LogP contribution is -2.76. The molecule has 0 spiro atoms. The summed E-state index contributed by atoms with van der Waals surface area (Å²) in [5.41, 5.74) is -4.05. The molecular formula is C22H46O6. The minimum atomic E-state index is -2.18. The van der Waals surface area contributed by atoms with Crippen LogP contribution in [0.2, 0.25) is 0 Å². The van der Waals surface area contributed by atoms with Crippen LogP contribution in [0, 0.1) is 0 Å². The summed E-state index contributed by atoms with van der Waals surface area (Å²) in [6, 6.07) is 0. The summed E-state index contributed by atoms with van der Waals surface area (Å²) in [5, 5.41) is 56.1. The molecule has 0 aliphatic heterocycles. The van der Waals surface area contributed by atoms with E-state index in [1.54, 1.807) is 0 Å². The van der Waals surface area contributed by atoms with E-state index < -0.39 is 35.6 Å². The topological polar surface area (TPSA) is 110 Å². The average molecular weight is 407 g/mol. The van der Waals surface area contributed by atoms with Gasteiger partial charge in [-0.15, -0.1) is 0 Å². The third-order valence-electron chi connectivity index (χ3n) is 5.72. The lowest BCUT2D eigenvalue weighted by molar-refractivity contribution is -0.321. The van der Waals surface area contributed by atoms with Gasteiger partial charge in [0.2, 0.25) is 0 Å². The van der Waals surface area contributed by atoms with E-state index in [2.05, 4.69) is 0 Å². The molecule has 0 aromatic carbocycles. The quantitative estimate of drug-likeness (QED) is 0.238. The first-order valence-electron chi connectivity index (χ1n) is 11.3. The monoisotopic (exact) mass is 406 g/mol. The van der Waals surface area contributed by atoms with Crippen molar-refractivity contribution in [3.8, 4) is 0 Å². The predicted octanol–water partition coefficient (Wildman–Crippen LogP) is 2.92. The summed E-state index contributed by atoms with van der Waals surface area (Å²) in [7, 11) is 0. The van der Waals surface area contributed by atoms with E-state index in [1.807, 2.05) is 34.6 Å². The van der Waals surface area contributed by atoms with Crippen molar-refractivity contribution in [3.05, 3.63) is 0 Å². The minimum Gasteiger partial charge on any atom is -0.390 e. The molecule has 6 heteroatoms. The summed E-state index contributed by atoms with van der Waals surface area (Å²) in [5.74, 6) is 0. The highest BCUT2D eigenvalue weighted by molar-refractivity contribution is 5.16. The Hall–Kier alpha value is -0.240. The molecule has 0 aliphatic carbocycles. The van der Waals surface area contributed by atoms with Gasteiger partial charge >= 0.3 is 0 Å². The number of aliphatic hydroxyl groups excluding tert-OH is 4. The summed E-state index contributed by atoms with van der Waals surface area (Å²) < 4.78 is 6.13. The number of ether oxygens (including phenoxy) is 1. The number of hydrogen-bond donors (Lipinski definition) is 5. The molecular weight excluding hydrogens is 360 g/mol. The summed E-state index contributed by atoms with van der Waals surface area (Å²) in [6.07, 6.45) is -0.161. The van der Waals surface area contributed by atoms with E-state index >= 15 is 0 Å². The van der Waals surface area contributed by atoms with Gasteiger partial charge in [0.15, 0.2) is 5.60 Å². The highest BCUT2D eigenvalue weighted by atomic mass is 16.6. The molecule has 0 aromatic rings. The van der Waals surface area contributed by atoms with Crippen LogP contribution in [-0.4, -0.2) is 67.8 Å². The third kappa shape index (κ3) is 6.13. The van der Waals surface area contributed by atoms with Crippen LogP contribution >= 0.6 is 0 Å². The van der Waals surface area contributed by atoms with E-state index in [0.717, 1.165) is 6.42 Å². The SMILES string of the molecule is CCCCOC(C(O)CCC)(C(O)CCC)C(O)(C(O)CCC)C(O)CCC. The van der Waals surface area contributed by atoms with Gasteiger partial charge in [-0.1, -0.05) is 66.7 Å². The maximum Gasteiger partial charge on any atom is 0.153 e. The van der Waals surface area contributed by atoms with Crippen LogP contribution in [0.1, 0.15) is 98.8 Å². The van der Waals surface area contributed by atoms with Crippen molar-refractivity contribution in [1.29, 1.82) is 0 Å². The van der Waals surface area contributed by atoms with E-state index in [9.17, 15) is 25.5 Å². The molecule has 5 N–H and O–H groups in total. The smallest absolute Gasteiger partial charge is 0.153 e. The average Bonchev–Trinajstić information content (AvgIpc) is 2.65. The van der Waals surface area contributed by atoms with Crippen LogP contribution in [0.25, 0.3) is 0 Å². The predicted molar refractivity (Wildman–Crippen MR) is 112 cm³/mol. The van der Waals surface area contributed by atoms with E-state index in [1.165, 1.54) is 0 Å². The Kier molecular flexibility index (Phi) is 13.8. The third-order valence-corrected chi connectivity index (χ3v) is 5.72. The second-order valence-corrected chi connectivity index (χ2v) is 8.04. The summed E-state index contributed by atoms with van der Waals surface area (Å²) in [4.78, 5) is 0. The number of rotatable bonds is 17. The first kappa shape index (κ1) is 27.8. The van der Waals surface area contributed by atoms with Gasteiger partial charge in [0.05, 0.1) is 24.4 Å².